The van der Waals surface area contributed by atoms with Crippen molar-refractivity contribution in [2.24, 2.45) is 0 Å². The van der Waals surface area contributed by atoms with Crippen molar-refractivity contribution in [3.63, 3.8) is 0 Å². The monoisotopic (exact) mass is 252 g/mol. The fraction of sp³-hybridized carbons (Fsp3) is 0.500. The van der Waals surface area contributed by atoms with E-state index in [0.29, 0.717) is 5.56 Å². The van der Waals surface area contributed by atoms with E-state index in [9.17, 15) is 4.79 Å². The van der Waals surface area contributed by atoms with Crippen molar-refractivity contribution in [3.8, 4) is 0 Å². The maximum Gasteiger partial charge on any atom is 0.376 e. The fourth-order valence-corrected chi connectivity index (χ4v) is 1.52. The molecule has 0 saturated heterocycles. The highest BCUT2D eigenvalue weighted by Gasteiger charge is 2.20. The van der Waals surface area contributed by atoms with E-state index in [1.54, 1.807) is 12.1 Å². The first-order valence-corrected chi connectivity index (χ1v) is 6.08. The van der Waals surface area contributed by atoms with E-state index in [2.05, 4.69) is 9.93 Å². The largest absolute Gasteiger partial charge is 0.376 e. The quantitative estimate of drug-likeness (QED) is 0.573. The van der Waals surface area contributed by atoms with Gasteiger partial charge in [-0.2, -0.15) is 4.89 Å². The molecule has 1 rings (SSSR count). The highest BCUT2D eigenvalue weighted by molar-refractivity contribution is 5.88. The minimum absolute atomic E-state index is 0.428. The number of carbonyl (C=O) groups excluding carboxylic acids is 1. The molecule has 1 aromatic rings. The van der Waals surface area contributed by atoms with Crippen molar-refractivity contribution in [1.82, 2.24) is 0 Å². The highest BCUT2D eigenvalue weighted by Crippen LogP contribution is 2.17. The number of hydrogen-bond donors (Lipinski definition) is 0. The summed E-state index contributed by atoms with van der Waals surface area (Å²) in [7, 11) is 0. The Labute approximate surface area is 108 Å². The van der Waals surface area contributed by atoms with Gasteiger partial charge in [0.1, 0.15) is 5.60 Å². The number of aryl methyl sites for hydroxylation is 1. The lowest BCUT2D eigenvalue weighted by Gasteiger charge is -2.20. The Kier molecular flexibility index (Phi) is 5.31. The summed E-state index contributed by atoms with van der Waals surface area (Å²) in [5, 5.41) is 4.55. The Morgan fingerprint density at radius 3 is 2.39 bits per heavy atom. The van der Waals surface area contributed by atoms with Crippen molar-refractivity contribution < 1.29 is 19.6 Å². The topological polar surface area (TPSA) is 44.8 Å². The van der Waals surface area contributed by atoms with Gasteiger partial charge in [-0.05, 0) is 44.4 Å². The van der Waals surface area contributed by atoms with Crippen LogP contribution in [0, 0.1) is 6.92 Å². The Morgan fingerprint density at radius 2 is 1.83 bits per heavy atom. The molecule has 0 radical (unpaired) electrons. The van der Waals surface area contributed by atoms with E-state index in [4.69, 9.17) is 4.89 Å². The molecule has 0 aliphatic heterocycles. The van der Waals surface area contributed by atoms with Gasteiger partial charge in [-0.3, -0.25) is 4.89 Å². The first kappa shape index (κ1) is 14.7. The molecule has 0 aromatic heterocycles. The molecule has 0 aliphatic rings. The first-order valence-electron chi connectivity index (χ1n) is 6.08. The molecule has 0 heterocycles. The SMILES string of the molecule is CCCC(C)(C)OOOC(=O)c1ccc(C)cc1. The molecule has 0 atom stereocenters. The number of rotatable bonds is 6. The predicted molar refractivity (Wildman–Crippen MR) is 67.8 cm³/mol. The van der Waals surface area contributed by atoms with Crippen LogP contribution in [0.15, 0.2) is 24.3 Å². The highest BCUT2D eigenvalue weighted by atomic mass is 17.5. The van der Waals surface area contributed by atoms with E-state index >= 15 is 0 Å². The molecule has 0 fully saturated rings. The van der Waals surface area contributed by atoms with Crippen LogP contribution in [-0.2, 0) is 14.8 Å². The van der Waals surface area contributed by atoms with E-state index < -0.39 is 11.6 Å². The molecule has 0 spiro atoms. The molecule has 0 unspecified atom stereocenters. The molecule has 0 bridgehead atoms. The standard InChI is InChI=1S/C14H20O4/c1-5-10-14(3,4)17-18-16-13(15)12-8-6-11(2)7-9-12/h6-9H,5,10H2,1-4H3. The van der Waals surface area contributed by atoms with Crippen LogP contribution in [0.5, 0.6) is 0 Å². The number of hydrogen-bond acceptors (Lipinski definition) is 4. The Morgan fingerprint density at radius 1 is 1.22 bits per heavy atom. The molecule has 0 aliphatic carbocycles. The molecule has 4 nitrogen and oxygen atoms in total. The van der Waals surface area contributed by atoms with Gasteiger partial charge in [0.05, 0.1) is 5.56 Å². The van der Waals surface area contributed by atoms with Gasteiger partial charge in [-0.25, -0.2) is 4.79 Å². The third kappa shape index (κ3) is 4.85. The Hall–Kier alpha value is -1.39. The maximum absolute atomic E-state index is 11.6. The van der Waals surface area contributed by atoms with E-state index in [1.807, 2.05) is 39.8 Å². The second-order valence-corrected chi connectivity index (χ2v) is 4.90. The predicted octanol–water partition coefficient (Wildman–Crippen LogP) is 3.59. The lowest BCUT2D eigenvalue weighted by Crippen LogP contribution is -2.25. The van der Waals surface area contributed by atoms with Gasteiger partial charge in [-0.1, -0.05) is 31.0 Å². The smallest absolute Gasteiger partial charge is 0.263 e. The average Bonchev–Trinajstić information content (AvgIpc) is 2.29. The van der Waals surface area contributed by atoms with Crippen LogP contribution >= 0.6 is 0 Å². The first-order chi connectivity index (χ1) is 8.44. The van der Waals surface area contributed by atoms with Crippen LogP contribution in [0.1, 0.15) is 49.5 Å². The van der Waals surface area contributed by atoms with Gasteiger partial charge < -0.3 is 0 Å². The lowest BCUT2D eigenvalue weighted by molar-refractivity contribution is -0.513. The van der Waals surface area contributed by atoms with Crippen molar-refractivity contribution in [2.75, 3.05) is 0 Å². The van der Waals surface area contributed by atoms with Crippen LogP contribution in [0.25, 0.3) is 0 Å². The van der Waals surface area contributed by atoms with Gasteiger partial charge in [0.2, 0.25) is 0 Å². The zero-order chi connectivity index (χ0) is 13.6. The Balaban J connectivity index is 2.40. The van der Waals surface area contributed by atoms with E-state index in [1.165, 1.54) is 0 Å². The van der Waals surface area contributed by atoms with Gasteiger partial charge in [0.25, 0.3) is 0 Å². The molecule has 1 aromatic carbocycles. The summed E-state index contributed by atoms with van der Waals surface area (Å²) in [5.41, 5.74) is 1.03. The summed E-state index contributed by atoms with van der Waals surface area (Å²) in [6, 6.07) is 7.02. The Bertz CT molecular complexity index is 381. The van der Waals surface area contributed by atoms with Crippen LogP contribution in [0.2, 0.25) is 0 Å². The van der Waals surface area contributed by atoms with E-state index in [0.717, 1.165) is 18.4 Å². The second kappa shape index (κ2) is 6.52. The van der Waals surface area contributed by atoms with Gasteiger partial charge in [0.15, 0.2) is 0 Å². The summed E-state index contributed by atoms with van der Waals surface area (Å²) < 4.78 is 0. The summed E-state index contributed by atoms with van der Waals surface area (Å²) in [6.07, 6.45) is 1.78. The van der Waals surface area contributed by atoms with Crippen molar-refractivity contribution in [1.29, 1.82) is 0 Å². The van der Waals surface area contributed by atoms with Crippen molar-refractivity contribution in [3.05, 3.63) is 35.4 Å². The summed E-state index contributed by atoms with van der Waals surface area (Å²) in [4.78, 5) is 21.2. The third-order valence-electron chi connectivity index (χ3n) is 2.51. The third-order valence-corrected chi connectivity index (χ3v) is 2.51. The fourth-order valence-electron chi connectivity index (χ4n) is 1.52. The lowest BCUT2D eigenvalue weighted by atomic mass is 10.0. The van der Waals surface area contributed by atoms with Crippen LogP contribution in [0.3, 0.4) is 0 Å². The summed E-state index contributed by atoms with van der Waals surface area (Å²) in [5.74, 6) is -0.567. The molecule has 4 heteroatoms. The minimum atomic E-state index is -0.567. The number of carbonyl (C=O) groups is 1. The molecular formula is C14H20O4. The van der Waals surface area contributed by atoms with Gasteiger partial charge in [0, 0.05) is 0 Å². The molecule has 0 saturated carbocycles. The summed E-state index contributed by atoms with van der Waals surface area (Å²) >= 11 is 0. The molecule has 100 valence electrons. The van der Waals surface area contributed by atoms with Crippen LogP contribution in [0.4, 0.5) is 0 Å². The number of benzene rings is 1. The van der Waals surface area contributed by atoms with Crippen LogP contribution in [-0.4, -0.2) is 11.6 Å². The molecular weight excluding hydrogens is 232 g/mol. The zero-order valence-corrected chi connectivity index (χ0v) is 11.4. The summed E-state index contributed by atoms with van der Waals surface area (Å²) in [6.45, 7) is 7.73. The molecule has 0 amide bonds. The molecule has 18 heavy (non-hydrogen) atoms. The van der Waals surface area contributed by atoms with Gasteiger partial charge in [-0.15, -0.1) is 0 Å². The normalized spacial score (nSPS) is 11.3. The maximum atomic E-state index is 11.6. The second-order valence-electron chi connectivity index (χ2n) is 4.90. The molecule has 0 N–H and O–H groups in total. The van der Waals surface area contributed by atoms with E-state index in [-0.39, 0.29) is 0 Å². The minimum Gasteiger partial charge on any atom is -0.263 e. The van der Waals surface area contributed by atoms with Crippen LogP contribution < -0.4 is 0 Å². The van der Waals surface area contributed by atoms with Gasteiger partial charge >= 0.3 is 5.97 Å². The zero-order valence-electron chi connectivity index (χ0n) is 11.4. The van der Waals surface area contributed by atoms with Crippen molar-refractivity contribution >= 4 is 5.97 Å². The van der Waals surface area contributed by atoms with Crippen molar-refractivity contribution in [2.45, 2.75) is 46.1 Å². The average molecular weight is 252 g/mol.